The Morgan fingerprint density at radius 1 is 1.31 bits per heavy atom. The van der Waals surface area contributed by atoms with Gasteiger partial charge in [0.1, 0.15) is 5.82 Å². The number of ether oxygens (including phenoxy) is 1. The van der Waals surface area contributed by atoms with Crippen molar-refractivity contribution < 1.29 is 13.5 Å². The van der Waals surface area contributed by atoms with Crippen LogP contribution in [0.1, 0.15) is 30.0 Å². The first-order valence-electron chi connectivity index (χ1n) is 5.64. The van der Waals surface area contributed by atoms with Gasteiger partial charge in [0, 0.05) is 29.7 Å². The van der Waals surface area contributed by atoms with Gasteiger partial charge in [-0.05, 0) is 19.4 Å². The molecule has 0 spiro atoms. The van der Waals surface area contributed by atoms with Gasteiger partial charge in [0.05, 0.1) is 6.61 Å². The maximum Gasteiger partial charge on any atom is 0.168 e. The fourth-order valence-corrected chi connectivity index (χ4v) is 2.63. The predicted octanol–water partition coefficient (Wildman–Crippen LogP) is 2.32. The van der Waals surface area contributed by atoms with Crippen molar-refractivity contribution in [3.63, 3.8) is 0 Å². The Labute approximate surface area is 92.6 Å². The second-order valence-electron chi connectivity index (χ2n) is 4.31. The minimum absolute atomic E-state index is 0.0241. The van der Waals surface area contributed by atoms with Crippen LogP contribution in [0, 0.1) is 11.6 Å². The summed E-state index contributed by atoms with van der Waals surface area (Å²) < 4.78 is 32.5. The van der Waals surface area contributed by atoms with E-state index in [-0.39, 0.29) is 11.8 Å². The first-order chi connectivity index (χ1) is 7.77. The molecule has 1 aromatic rings. The van der Waals surface area contributed by atoms with Gasteiger partial charge in [-0.15, -0.1) is 0 Å². The van der Waals surface area contributed by atoms with Crippen LogP contribution in [0.25, 0.3) is 0 Å². The average Bonchev–Trinajstić information content (AvgIpc) is 2.86. The maximum atomic E-state index is 13.8. The summed E-state index contributed by atoms with van der Waals surface area (Å²) in [6.45, 7) is 1.35. The number of halogens is 2. The Morgan fingerprint density at radius 3 is 2.94 bits per heavy atom. The zero-order valence-electron chi connectivity index (χ0n) is 8.85. The van der Waals surface area contributed by atoms with Crippen LogP contribution in [0.5, 0.6) is 5.75 Å². The second kappa shape index (κ2) is 3.70. The zero-order chi connectivity index (χ0) is 11.1. The van der Waals surface area contributed by atoms with E-state index < -0.39 is 11.6 Å². The molecule has 2 nitrogen and oxygen atoms in total. The Bertz CT molecular complexity index is 428. The molecule has 0 aromatic heterocycles. The summed E-state index contributed by atoms with van der Waals surface area (Å²) in [6, 6.07) is 0.968. The first kappa shape index (κ1) is 10.0. The Kier molecular flexibility index (Phi) is 2.32. The van der Waals surface area contributed by atoms with E-state index in [0.717, 1.165) is 31.0 Å². The molecule has 3 rings (SSSR count). The molecule has 0 saturated carbocycles. The third-order valence-electron chi connectivity index (χ3n) is 3.33. The molecule has 86 valence electrons. The number of fused-ring (bicyclic) bond motifs is 1. The van der Waals surface area contributed by atoms with E-state index in [0.29, 0.717) is 18.6 Å². The largest absolute Gasteiger partial charge is 0.490 e. The summed E-state index contributed by atoms with van der Waals surface area (Å²) in [4.78, 5) is 0. The van der Waals surface area contributed by atoms with Crippen molar-refractivity contribution in [3.05, 3.63) is 28.8 Å². The van der Waals surface area contributed by atoms with Gasteiger partial charge >= 0.3 is 0 Å². The van der Waals surface area contributed by atoms with Crippen molar-refractivity contribution in [1.82, 2.24) is 5.32 Å². The number of benzene rings is 1. The molecule has 0 radical (unpaired) electrons. The molecule has 4 heteroatoms. The van der Waals surface area contributed by atoms with Gasteiger partial charge in [-0.3, -0.25) is 0 Å². The van der Waals surface area contributed by atoms with Crippen LogP contribution in [-0.2, 0) is 6.42 Å². The lowest BCUT2D eigenvalue weighted by Gasteiger charge is -2.15. The summed E-state index contributed by atoms with van der Waals surface area (Å²) >= 11 is 0. The summed E-state index contributed by atoms with van der Waals surface area (Å²) in [6.07, 6.45) is 2.56. The van der Waals surface area contributed by atoms with E-state index >= 15 is 0 Å². The highest BCUT2D eigenvalue weighted by molar-refractivity contribution is 5.46. The minimum Gasteiger partial charge on any atom is -0.490 e. The van der Waals surface area contributed by atoms with E-state index in [9.17, 15) is 8.78 Å². The van der Waals surface area contributed by atoms with Crippen molar-refractivity contribution in [1.29, 1.82) is 0 Å². The Hall–Kier alpha value is -1.16. The van der Waals surface area contributed by atoms with Crippen molar-refractivity contribution >= 4 is 0 Å². The quantitative estimate of drug-likeness (QED) is 0.792. The lowest BCUT2D eigenvalue weighted by atomic mass is 9.96. The number of rotatable bonds is 1. The lowest BCUT2D eigenvalue weighted by Crippen LogP contribution is -2.16. The van der Waals surface area contributed by atoms with Gasteiger partial charge in [0.25, 0.3) is 0 Å². The van der Waals surface area contributed by atoms with Gasteiger partial charge < -0.3 is 10.1 Å². The van der Waals surface area contributed by atoms with E-state index in [1.165, 1.54) is 0 Å². The molecular formula is C12H13F2NO. The highest BCUT2D eigenvalue weighted by atomic mass is 19.1. The molecule has 0 amide bonds. The van der Waals surface area contributed by atoms with Crippen molar-refractivity contribution in [2.24, 2.45) is 0 Å². The molecule has 16 heavy (non-hydrogen) atoms. The molecule has 1 unspecified atom stereocenters. The second-order valence-corrected chi connectivity index (χ2v) is 4.31. The molecule has 1 aromatic carbocycles. The summed E-state index contributed by atoms with van der Waals surface area (Å²) in [5.41, 5.74) is 1.34. The lowest BCUT2D eigenvalue weighted by molar-refractivity contribution is 0.338. The van der Waals surface area contributed by atoms with Crippen molar-refractivity contribution in [2.75, 3.05) is 13.2 Å². The average molecular weight is 225 g/mol. The highest BCUT2D eigenvalue weighted by Crippen LogP contribution is 2.38. The molecule has 1 N–H and O–H groups in total. The van der Waals surface area contributed by atoms with Gasteiger partial charge in [-0.25, -0.2) is 8.78 Å². The van der Waals surface area contributed by atoms with Crippen molar-refractivity contribution in [2.45, 2.75) is 25.3 Å². The molecule has 1 fully saturated rings. The Balaban J connectivity index is 2.12. The monoisotopic (exact) mass is 225 g/mol. The number of hydrogen-bond acceptors (Lipinski definition) is 2. The van der Waals surface area contributed by atoms with E-state index in [2.05, 4.69) is 5.32 Å². The van der Waals surface area contributed by atoms with Gasteiger partial charge in [0.15, 0.2) is 11.6 Å². The van der Waals surface area contributed by atoms with Crippen LogP contribution >= 0.6 is 0 Å². The van der Waals surface area contributed by atoms with Gasteiger partial charge in [0.2, 0.25) is 0 Å². The third kappa shape index (κ3) is 1.40. The van der Waals surface area contributed by atoms with Gasteiger partial charge in [-0.2, -0.15) is 0 Å². The fraction of sp³-hybridized carbons (Fsp3) is 0.500. The predicted molar refractivity (Wildman–Crippen MR) is 55.5 cm³/mol. The van der Waals surface area contributed by atoms with E-state index in [1.54, 1.807) is 0 Å². The maximum absolute atomic E-state index is 13.8. The summed E-state index contributed by atoms with van der Waals surface area (Å²) in [5, 5.41) is 3.24. The number of hydrogen-bond donors (Lipinski definition) is 1. The molecule has 1 atom stereocenters. The van der Waals surface area contributed by atoms with Crippen LogP contribution in [0.4, 0.5) is 8.78 Å². The van der Waals surface area contributed by atoms with Crippen LogP contribution < -0.4 is 10.1 Å². The smallest absolute Gasteiger partial charge is 0.168 e. The topological polar surface area (TPSA) is 21.3 Å². The fourth-order valence-electron chi connectivity index (χ4n) is 2.63. The number of nitrogens with one attached hydrogen (secondary N) is 1. The van der Waals surface area contributed by atoms with Crippen LogP contribution in [0.3, 0.4) is 0 Å². The molecule has 1 saturated heterocycles. The Morgan fingerprint density at radius 2 is 2.19 bits per heavy atom. The van der Waals surface area contributed by atoms with Gasteiger partial charge in [-0.1, -0.05) is 0 Å². The van der Waals surface area contributed by atoms with Crippen LogP contribution in [0.2, 0.25) is 0 Å². The highest BCUT2D eigenvalue weighted by Gasteiger charge is 2.29. The normalized spacial score (nSPS) is 23.2. The van der Waals surface area contributed by atoms with Crippen LogP contribution in [-0.4, -0.2) is 13.2 Å². The minimum atomic E-state index is -0.577. The molecular weight excluding hydrogens is 212 g/mol. The van der Waals surface area contributed by atoms with Crippen molar-refractivity contribution in [3.8, 4) is 5.75 Å². The molecule has 0 bridgehead atoms. The SMILES string of the molecule is Fc1cc(F)c(C2CCCN2)c2c1OCC2. The molecule has 0 aliphatic carbocycles. The van der Waals surface area contributed by atoms with E-state index in [4.69, 9.17) is 4.74 Å². The molecule has 2 aliphatic rings. The summed E-state index contributed by atoms with van der Waals surface area (Å²) in [5.74, 6) is -0.766. The van der Waals surface area contributed by atoms with E-state index in [1.807, 2.05) is 0 Å². The molecule has 2 aliphatic heterocycles. The third-order valence-corrected chi connectivity index (χ3v) is 3.33. The summed E-state index contributed by atoms with van der Waals surface area (Å²) in [7, 11) is 0. The molecule has 2 heterocycles. The van der Waals surface area contributed by atoms with Crippen LogP contribution in [0.15, 0.2) is 6.07 Å². The zero-order valence-corrected chi connectivity index (χ0v) is 8.85. The standard InChI is InChI=1S/C12H13F2NO/c13-8-6-9(14)12-7(3-5-16-12)11(8)10-2-1-4-15-10/h6,10,15H,1-5H2. The first-order valence-corrected chi connectivity index (χ1v) is 5.64.